The van der Waals surface area contributed by atoms with E-state index in [2.05, 4.69) is 37.2 Å². The highest BCUT2D eigenvalue weighted by Crippen LogP contribution is 2.30. The molecule has 21 heavy (non-hydrogen) atoms. The zero-order valence-electron chi connectivity index (χ0n) is 12.0. The summed E-state index contributed by atoms with van der Waals surface area (Å²) in [5.74, 6) is 0.631. The second-order valence-electron chi connectivity index (χ2n) is 4.67. The number of aryl methyl sites for hydroxylation is 1. The molecular weight excluding hydrogens is 398 g/mol. The molecule has 0 heterocycles. The van der Waals surface area contributed by atoms with Crippen LogP contribution in [0.15, 0.2) is 39.3 Å². The van der Waals surface area contributed by atoms with E-state index in [9.17, 15) is 4.79 Å². The highest BCUT2D eigenvalue weighted by Gasteiger charge is 2.14. The van der Waals surface area contributed by atoms with E-state index in [1.165, 1.54) is 0 Å². The molecule has 0 atom stereocenters. The molecule has 0 aliphatic heterocycles. The van der Waals surface area contributed by atoms with E-state index in [0.29, 0.717) is 5.56 Å². The van der Waals surface area contributed by atoms with Crippen LogP contribution in [0.5, 0.6) is 5.75 Å². The van der Waals surface area contributed by atoms with Crippen LogP contribution in [0.25, 0.3) is 0 Å². The number of halogens is 2. The smallest absolute Gasteiger partial charge is 0.256 e. The van der Waals surface area contributed by atoms with Crippen molar-refractivity contribution >= 4 is 43.5 Å². The minimum atomic E-state index is -0.164. The fourth-order valence-corrected chi connectivity index (χ4v) is 3.37. The second kappa shape index (κ2) is 6.62. The summed E-state index contributed by atoms with van der Waals surface area (Å²) in [7, 11) is 1.63. The number of nitrogens with one attached hydrogen (secondary N) is 1. The van der Waals surface area contributed by atoms with Gasteiger partial charge >= 0.3 is 0 Å². The van der Waals surface area contributed by atoms with Gasteiger partial charge in [-0.05, 0) is 59.6 Å². The number of benzene rings is 2. The van der Waals surface area contributed by atoms with Crippen molar-refractivity contribution in [1.29, 1.82) is 0 Å². The van der Waals surface area contributed by atoms with Gasteiger partial charge in [0.1, 0.15) is 5.75 Å². The van der Waals surface area contributed by atoms with Crippen LogP contribution in [0.3, 0.4) is 0 Å². The van der Waals surface area contributed by atoms with Gasteiger partial charge in [0.2, 0.25) is 0 Å². The van der Waals surface area contributed by atoms with Crippen molar-refractivity contribution in [2.45, 2.75) is 13.8 Å². The van der Waals surface area contributed by atoms with Gasteiger partial charge in [0.25, 0.3) is 5.91 Å². The summed E-state index contributed by atoms with van der Waals surface area (Å²) in [4.78, 5) is 12.4. The number of methoxy groups -OCH3 is 1. The van der Waals surface area contributed by atoms with Crippen LogP contribution in [0.2, 0.25) is 0 Å². The molecule has 2 aromatic rings. The maximum atomic E-state index is 12.4. The van der Waals surface area contributed by atoms with Gasteiger partial charge in [0.05, 0.1) is 12.7 Å². The zero-order valence-corrected chi connectivity index (χ0v) is 15.1. The summed E-state index contributed by atoms with van der Waals surface area (Å²) in [5.41, 5.74) is 3.28. The summed E-state index contributed by atoms with van der Waals surface area (Å²) in [6.07, 6.45) is 0. The monoisotopic (exact) mass is 411 g/mol. The molecule has 1 N–H and O–H groups in total. The molecule has 110 valence electrons. The fraction of sp³-hybridized carbons (Fsp3) is 0.188. The lowest BCUT2D eigenvalue weighted by Gasteiger charge is -2.14. The van der Waals surface area contributed by atoms with Gasteiger partial charge in [-0.1, -0.05) is 22.0 Å². The van der Waals surface area contributed by atoms with E-state index in [4.69, 9.17) is 4.74 Å². The summed E-state index contributed by atoms with van der Waals surface area (Å²) in [5, 5.41) is 2.92. The first-order valence-corrected chi connectivity index (χ1v) is 7.93. The molecule has 0 unspecified atom stereocenters. The van der Waals surface area contributed by atoms with Gasteiger partial charge in [-0.3, -0.25) is 4.79 Å². The number of ether oxygens (including phenoxy) is 1. The summed E-state index contributed by atoms with van der Waals surface area (Å²) in [6.45, 7) is 3.90. The molecule has 0 bridgehead atoms. The first-order chi connectivity index (χ1) is 9.93. The van der Waals surface area contributed by atoms with Crippen molar-refractivity contribution in [1.82, 2.24) is 0 Å². The minimum Gasteiger partial charge on any atom is -0.496 e. The fourth-order valence-electron chi connectivity index (χ4n) is 2.14. The lowest BCUT2D eigenvalue weighted by atomic mass is 10.1. The van der Waals surface area contributed by atoms with E-state index in [1.807, 2.05) is 38.1 Å². The lowest BCUT2D eigenvalue weighted by molar-refractivity contribution is 0.102. The molecule has 0 spiro atoms. The van der Waals surface area contributed by atoms with Gasteiger partial charge in [-0.2, -0.15) is 0 Å². The normalized spacial score (nSPS) is 10.3. The van der Waals surface area contributed by atoms with Gasteiger partial charge in [0.15, 0.2) is 0 Å². The third-order valence-corrected chi connectivity index (χ3v) is 4.38. The summed E-state index contributed by atoms with van der Waals surface area (Å²) in [6, 6.07) is 9.26. The number of rotatable bonds is 3. The zero-order chi connectivity index (χ0) is 15.6. The van der Waals surface area contributed by atoms with Crippen LogP contribution in [-0.2, 0) is 0 Å². The number of anilines is 1. The predicted octanol–water partition coefficient (Wildman–Crippen LogP) is 5.09. The van der Waals surface area contributed by atoms with E-state index in [1.54, 1.807) is 13.2 Å². The number of amides is 1. The molecule has 0 aliphatic carbocycles. The van der Waals surface area contributed by atoms with Crippen LogP contribution < -0.4 is 10.1 Å². The standard InChI is InChI=1S/C16H15Br2NO2/c1-9-4-7-14(10(2)15(9)21-3)19-16(20)12-6-5-11(17)8-13(12)18/h4-8H,1-3H3,(H,19,20). The third-order valence-electron chi connectivity index (χ3n) is 3.23. The van der Waals surface area contributed by atoms with Crippen molar-refractivity contribution in [3.05, 3.63) is 56.0 Å². The van der Waals surface area contributed by atoms with E-state index in [0.717, 1.165) is 31.5 Å². The second-order valence-corrected chi connectivity index (χ2v) is 6.44. The molecule has 1 amide bonds. The Kier molecular flexibility index (Phi) is 5.06. The SMILES string of the molecule is COc1c(C)ccc(NC(=O)c2ccc(Br)cc2Br)c1C. The van der Waals surface area contributed by atoms with Crippen molar-refractivity contribution in [2.24, 2.45) is 0 Å². The highest BCUT2D eigenvalue weighted by molar-refractivity contribution is 9.11. The number of carbonyl (C=O) groups is 1. The van der Waals surface area contributed by atoms with Crippen LogP contribution in [0.4, 0.5) is 5.69 Å². The van der Waals surface area contributed by atoms with E-state index >= 15 is 0 Å². The number of hydrogen-bond acceptors (Lipinski definition) is 2. The van der Waals surface area contributed by atoms with Gasteiger partial charge in [0, 0.05) is 20.2 Å². The topological polar surface area (TPSA) is 38.3 Å². The summed E-state index contributed by atoms with van der Waals surface area (Å²) < 4.78 is 7.03. The Morgan fingerprint density at radius 2 is 1.86 bits per heavy atom. The largest absolute Gasteiger partial charge is 0.496 e. The Balaban J connectivity index is 2.32. The quantitative estimate of drug-likeness (QED) is 0.762. The molecule has 0 aliphatic rings. The average molecular weight is 413 g/mol. The van der Waals surface area contributed by atoms with Crippen molar-refractivity contribution < 1.29 is 9.53 Å². The van der Waals surface area contributed by atoms with Crippen LogP contribution in [0.1, 0.15) is 21.5 Å². The Hall–Kier alpha value is -1.33. The van der Waals surface area contributed by atoms with E-state index < -0.39 is 0 Å². The molecule has 0 fully saturated rings. The maximum absolute atomic E-state index is 12.4. The average Bonchev–Trinajstić information content (AvgIpc) is 2.42. The predicted molar refractivity (Wildman–Crippen MR) is 92.3 cm³/mol. The molecule has 5 heteroatoms. The molecule has 2 aromatic carbocycles. The highest BCUT2D eigenvalue weighted by atomic mass is 79.9. The van der Waals surface area contributed by atoms with Gasteiger partial charge in [-0.25, -0.2) is 0 Å². The Labute approximate surface area is 141 Å². The first kappa shape index (κ1) is 16.0. The minimum absolute atomic E-state index is 0.164. The van der Waals surface area contributed by atoms with Crippen molar-refractivity contribution in [3.63, 3.8) is 0 Å². The van der Waals surface area contributed by atoms with Crippen molar-refractivity contribution in [3.8, 4) is 5.75 Å². The Morgan fingerprint density at radius 1 is 1.14 bits per heavy atom. The van der Waals surface area contributed by atoms with Crippen molar-refractivity contribution in [2.75, 3.05) is 12.4 Å². The molecule has 0 radical (unpaired) electrons. The van der Waals surface area contributed by atoms with Crippen LogP contribution in [0, 0.1) is 13.8 Å². The van der Waals surface area contributed by atoms with Gasteiger partial charge in [-0.15, -0.1) is 0 Å². The van der Waals surface area contributed by atoms with E-state index in [-0.39, 0.29) is 5.91 Å². The molecule has 0 saturated heterocycles. The van der Waals surface area contributed by atoms with Gasteiger partial charge < -0.3 is 10.1 Å². The maximum Gasteiger partial charge on any atom is 0.256 e. The third kappa shape index (κ3) is 3.47. The summed E-state index contributed by atoms with van der Waals surface area (Å²) >= 11 is 6.78. The molecular formula is C16H15Br2NO2. The molecule has 3 nitrogen and oxygen atoms in total. The van der Waals surface area contributed by atoms with Crippen LogP contribution in [-0.4, -0.2) is 13.0 Å². The Bertz CT molecular complexity index is 699. The number of carbonyl (C=O) groups excluding carboxylic acids is 1. The number of hydrogen-bond donors (Lipinski definition) is 1. The van der Waals surface area contributed by atoms with Crippen LogP contribution >= 0.6 is 31.9 Å². The molecule has 0 saturated carbocycles. The molecule has 2 rings (SSSR count). The Morgan fingerprint density at radius 3 is 2.48 bits per heavy atom. The molecule has 0 aromatic heterocycles. The first-order valence-electron chi connectivity index (χ1n) is 6.34. The lowest BCUT2D eigenvalue weighted by Crippen LogP contribution is -2.13.